The highest BCUT2D eigenvalue weighted by Gasteiger charge is 2.15. The van der Waals surface area contributed by atoms with Crippen molar-refractivity contribution in [3.05, 3.63) is 52.7 Å². The molecule has 0 fully saturated rings. The van der Waals surface area contributed by atoms with Crippen LogP contribution >= 0.6 is 11.3 Å². The van der Waals surface area contributed by atoms with Crippen molar-refractivity contribution in [2.24, 2.45) is 0 Å². The maximum atomic E-state index is 4.41. The van der Waals surface area contributed by atoms with Gasteiger partial charge in [0.15, 0.2) is 0 Å². The van der Waals surface area contributed by atoms with E-state index >= 15 is 0 Å². The molecule has 3 aromatic rings. The van der Waals surface area contributed by atoms with Gasteiger partial charge in [-0.3, -0.25) is 4.98 Å². The third-order valence-electron chi connectivity index (χ3n) is 3.48. The molecule has 3 rings (SSSR count). The molecule has 1 unspecified atom stereocenters. The lowest BCUT2D eigenvalue weighted by Crippen LogP contribution is -2.21. The minimum absolute atomic E-state index is 0.321. The van der Waals surface area contributed by atoms with Gasteiger partial charge in [-0.15, -0.1) is 0 Å². The first-order valence-corrected chi connectivity index (χ1v) is 7.84. The summed E-state index contributed by atoms with van der Waals surface area (Å²) in [7, 11) is 0. The van der Waals surface area contributed by atoms with E-state index in [-0.39, 0.29) is 0 Å². The van der Waals surface area contributed by atoms with Gasteiger partial charge in [0.05, 0.1) is 17.9 Å². The summed E-state index contributed by atoms with van der Waals surface area (Å²) in [4.78, 5) is 4.21. The fourth-order valence-corrected chi connectivity index (χ4v) is 3.18. The van der Waals surface area contributed by atoms with Crippen molar-refractivity contribution >= 4 is 16.9 Å². The van der Waals surface area contributed by atoms with E-state index in [2.05, 4.69) is 39.1 Å². The van der Waals surface area contributed by atoms with Crippen LogP contribution in [-0.4, -0.2) is 21.1 Å². The molecule has 1 N–H and O–H groups in total. The van der Waals surface area contributed by atoms with Crippen LogP contribution in [0.5, 0.6) is 0 Å². The van der Waals surface area contributed by atoms with Crippen molar-refractivity contribution in [1.82, 2.24) is 19.9 Å². The maximum Gasteiger partial charge on any atom is 0.0892 e. The Labute approximate surface area is 122 Å². The Kier molecular flexibility index (Phi) is 4.08. The average Bonchev–Trinajstić information content (AvgIpc) is 3.13. The largest absolute Gasteiger partial charge is 0.310 e. The first kappa shape index (κ1) is 13.3. The standard InChI is InChI=1S/C15H18N4S/c1-2-17-14(4-3-12-5-8-20-11-12)13-9-18-19-7-6-16-10-15(13)19/h5-11,14,17H,2-4H2,1H3. The monoisotopic (exact) mass is 286 g/mol. The smallest absolute Gasteiger partial charge is 0.0892 e. The Morgan fingerprint density at radius 3 is 3.15 bits per heavy atom. The molecular formula is C15H18N4S. The summed E-state index contributed by atoms with van der Waals surface area (Å²) >= 11 is 1.76. The van der Waals surface area contributed by atoms with E-state index in [9.17, 15) is 0 Å². The van der Waals surface area contributed by atoms with Crippen LogP contribution in [0.3, 0.4) is 0 Å². The van der Waals surface area contributed by atoms with E-state index in [0.29, 0.717) is 6.04 Å². The summed E-state index contributed by atoms with van der Waals surface area (Å²) in [6.45, 7) is 3.09. The molecule has 0 aliphatic carbocycles. The fraction of sp³-hybridized carbons (Fsp3) is 0.333. The van der Waals surface area contributed by atoms with Crippen molar-refractivity contribution in [3.8, 4) is 0 Å². The van der Waals surface area contributed by atoms with Crippen LogP contribution in [0.15, 0.2) is 41.6 Å². The molecular weight excluding hydrogens is 268 g/mol. The zero-order valence-corrected chi connectivity index (χ0v) is 12.3. The van der Waals surface area contributed by atoms with Crippen LogP contribution < -0.4 is 5.32 Å². The molecule has 5 heteroatoms. The lowest BCUT2D eigenvalue weighted by atomic mass is 10.0. The van der Waals surface area contributed by atoms with E-state index in [1.807, 2.05) is 23.1 Å². The Balaban J connectivity index is 1.82. The highest BCUT2D eigenvalue weighted by molar-refractivity contribution is 7.07. The van der Waals surface area contributed by atoms with Crippen molar-refractivity contribution < 1.29 is 0 Å². The Bertz CT molecular complexity index is 659. The van der Waals surface area contributed by atoms with Gasteiger partial charge >= 0.3 is 0 Å². The summed E-state index contributed by atoms with van der Waals surface area (Å²) in [6, 6.07) is 2.52. The fourth-order valence-electron chi connectivity index (χ4n) is 2.48. The molecule has 4 nitrogen and oxygen atoms in total. The van der Waals surface area contributed by atoms with Gasteiger partial charge in [-0.25, -0.2) is 4.52 Å². The van der Waals surface area contributed by atoms with Crippen LogP contribution in [0.1, 0.15) is 30.5 Å². The summed E-state index contributed by atoms with van der Waals surface area (Å²) < 4.78 is 1.89. The number of nitrogens with one attached hydrogen (secondary N) is 1. The predicted molar refractivity (Wildman–Crippen MR) is 82.0 cm³/mol. The molecule has 0 amide bonds. The van der Waals surface area contributed by atoms with Gasteiger partial charge in [0.25, 0.3) is 0 Å². The van der Waals surface area contributed by atoms with E-state index < -0.39 is 0 Å². The molecule has 0 aliphatic rings. The molecule has 0 saturated carbocycles. The van der Waals surface area contributed by atoms with Gasteiger partial charge in [-0.1, -0.05) is 6.92 Å². The lowest BCUT2D eigenvalue weighted by Gasteiger charge is -2.16. The van der Waals surface area contributed by atoms with E-state index in [4.69, 9.17) is 0 Å². The Morgan fingerprint density at radius 2 is 2.35 bits per heavy atom. The first-order chi connectivity index (χ1) is 9.88. The quantitative estimate of drug-likeness (QED) is 0.757. The second-order valence-electron chi connectivity index (χ2n) is 4.79. The lowest BCUT2D eigenvalue weighted by molar-refractivity contribution is 0.518. The molecule has 3 heterocycles. The molecule has 1 atom stereocenters. The number of hydrogen-bond acceptors (Lipinski definition) is 4. The number of thiophene rings is 1. The normalized spacial score (nSPS) is 12.8. The summed E-state index contributed by atoms with van der Waals surface area (Å²) in [5.74, 6) is 0. The van der Waals surface area contributed by atoms with E-state index in [1.54, 1.807) is 17.5 Å². The minimum atomic E-state index is 0.321. The van der Waals surface area contributed by atoms with Crippen molar-refractivity contribution in [3.63, 3.8) is 0 Å². The van der Waals surface area contributed by atoms with Gasteiger partial charge in [0, 0.05) is 24.0 Å². The third kappa shape index (κ3) is 2.73. The number of nitrogens with zero attached hydrogens (tertiary/aromatic N) is 3. The summed E-state index contributed by atoms with van der Waals surface area (Å²) in [5, 5.41) is 12.3. The molecule has 0 aromatic carbocycles. The summed E-state index contributed by atoms with van der Waals surface area (Å²) in [5.41, 5.74) is 3.73. The highest BCUT2D eigenvalue weighted by atomic mass is 32.1. The molecule has 0 radical (unpaired) electrons. The topological polar surface area (TPSA) is 42.2 Å². The first-order valence-electron chi connectivity index (χ1n) is 6.90. The molecule has 20 heavy (non-hydrogen) atoms. The zero-order valence-electron chi connectivity index (χ0n) is 11.5. The van der Waals surface area contributed by atoms with Crippen LogP contribution in [0.2, 0.25) is 0 Å². The Morgan fingerprint density at radius 1 is 1.40 bits per heavy atom. The predicted octanol–water partition coefficient (Wildman–Crippen LogP) is 3.07. The van der Waals surface area contributed by atoms with Gasteiger partial charge < -0.3 is 5.32 Å². The zero-order chi connectivity index (χ0) is 13.8. The summed E-state index contributed by atoms with van der Waals surface area (Å²) in [6.07, 6.45) is 9.65. The molecule has 0 aliphatic heterocycles. The van der Waals surface area contributed by atoms with Crippen LogP contribution in [0.4, 0.5) is 0 Å². The molecule has 0 spiro atoms. The second-order valence-corrected chi connectivity index (χ2v) is 5.57. The third-order valence-corrected chi connectivity index (χ3v) is 4.21. The molecule has 104 valence electrons. The van der Waals surface area contributed by atoms with Gasteiger partial charge in [-0.05, 0) is 41.8 Å². The van der Waals surface area contributed by atoms with Crippen LogP contribution in [-0.2, 0) is 6.42 Å². The highest BCUT2D eigenvalue weighted by Crippen LogP contribution is 2.23. The number of aryl methyl sites for hydroxylation is 1. The number of rotatable bonds is 6. The van der Waals surface area contributed by atoms with Crippen LogP contribution in [0, 0.1) is 0 Å². The molecule has 0 bridgehead atoms. The molecule has 3 aromatic heterocycles. The van der Waals surface area contributed by atoms with Crippen LogP contribution in [0.25, 0.3) is 5.52 Å². The number of hydrogen-bond donors (Lipinski definition) is 1. The van der Waals surface area contributed by atoms with E-state index in [0.717, 1.165) is 24.9 Å². The minimum Gasteiger partial charge on any atom is -0.310 e. The van der Waals surface area contributed by atoms with Crippen molar-refractivity contribution in [1.29, 1.82) is 0 Å². The van der Waals surface area contributed by atoms with Crippen molar-refractivity contribution in [2.45, 2.75) is 25.8 Å². The molecule has 0 saturated heterocycles. The van der Waals surface area contributed by atoms with Gasteiger partial charge in [0.2, 0.25) is 0 Å². The maximum absolute atomic E-state index is 4.41. The van der Waals surface area contributed by atoms with Gasteiger partial charge in [0.1, 0.15) is 0 Å². The SMILES string of the molecule is CCNC(CCc1ccsc1)c1cnn2ccncc12. The second kappa shape index (κ2) is 6.15. The van der Waals surface area contributed by atoms with E-state index in [1.165, 1.54) is 11.1 Å². The number of aromatic nitrogens is 3. The Hall–Kier alpha value is -1.72. The average molecular weight is 286 g/mol. The number of fused-ring (bicyclic) bond motifs is 1. The van der Waals surface area contributed by atoms with Crippen molar-refractivity contribution in [2.75, 3.05) is 6.54 Å². The van der Waals surface area contributed by atoms with Gasteiger partial charge in [-0.2, -0.15) is 16.4 Å².